The van der Waals surface area contributed by atoms with Crippen molar-refractivity contribution < 1.29 is 9.47 Å². The first-order chi connectivity index (χ1) is 6.67. The van der Waals surface area contributed by atoms with Crippen molar-refractivity contribution in [1.82, 2.24) is 0 Å². The van der Waals surface area contributed by atoms with Crippen molar-refractivity contribution in [2.45, 2.75) is 26.7 Å². The predicted octanol–water partition coefficient (Wildman–Crippen LogP) is 3.22. The first-order valence-corrected chi connectivity index (χ1v) is 4.99. The maximum Gasteiger partial charge on any atom is 0.123 e. The number of hydrogen-bond acceptors (Lipinski definition) is 2. The third-order valence-corrected chi connectivity index (χ3v) is 2.12. The lowest BCUT2D eigenvalue weighted by molar-refractivity contribution is 0.335. The van der Waals surface area contributed by atoms with Gasteiger partial charge in [-0.3, -0.25) is 0 Å². The molecular weight excluding hydrogens is 176 g/mol. The van der Waals surface area contributed by atoms with Crippen LogP contribution in [0.3, 0.4) is 0 Å². The van der Waals surface area contributed by atoms with Gasteiger partial charge >= 0.3 is 0 Å². The van der Waals surface area contributed by atoms with Crippen LogP contribution in [-0.4, -0.2) is 13.7 Å². The Labute approximate surface area is 85.8 Å². The van der Waals surface area contributed by atoms with E-state index in [0.29, 0.717) is 12.5 Å². The second-order valence-corrected chi connectivity index (χ2v) is 3.53. The van der Waals surface area contributed by atoms with Crippen LogP contribution in [0, 0.1) is 0 Å². The number of ether oxygens (including phenoxy) is 2. The molecule has 0 atom stereocenters. The van der Waals surface area contributed by atoms with E-state index in [0.717, 1.165) is 11.5 Å². The molecule has 0 radical (unpaired) electrons. The summed E-state index contributed by atoms with van der Waals surface area (Å²) in [7, 11) is 1.68. The number of hydrogen-bond donors (Lipinski definition) is 0. The van der Waals surface area contributed by atoms with Gasteiger partial charge in [-0.25, -0.2) is 0 Å². The first kappa shape index (κ1) is 10.9. The summed E-state index contributed by atoms with van der Waals surface area (Å²) in [6.45, 7) is 6.98. The van der Waals surface area contributed by atoms with Crippen LogP contribution in [0.4, 0.5) is 0 Å². The maximum absolute atomic E-state index is 5.46. The van der Waals surface area contributed by atoms with Gasteiger partial charge in [-0.2, -0.15) is 0 Å². The van der Waals surface area contributed by atoms with Crippen LogP contribution < -0.4 is 9.47 Å². The Balaban J connectivity index is 3.00. The van der Waals surface area contributed by atoms with Crippen molar-refractivity contribution in [2.24, 2.45) is 0 Å². The highest BCUT2D eigenvalue weighted by molar-refractivity contribution is 5.39. The molecule has 2 nitrogen and oxygen atoms in total. The van der Waals surface area contributed by atoms with E-state index in [-0.39, 0.29) is 0 Å². The van der Waals surface area contributed by atoms with Gasteiger partial charge < -0.3 is 9.47 Å². The molecule has 0 aromatic heterocycles. The van der Waals surface area contributed by atoms with Crippen LogP contribution in [0.5, 0.6) is 11.5 Å². The number of rotatable bonds is 4. The van der Waals surface area contributed by atoms with Crippen molar-refractivity contribution in [3.63, 3.8) is 0 Å². The molecule has 1 aromatic rings. The van der Waals surface area contributed by atoms with Gasteiger partial charge in [0.2, 0.25) is 0 Å². The predicted molar refractivity (Wildman–Crippen MR) is 58.3 cm³/mol. The second kappa shape index (κ2) is 4.89. The molecule has 2 heteroatoms. The Morgan fingerprint density at radius 2 is 1.79 bits per heavy atom. The van der Waals surface area contributed by atoms with Crippen molar-refractivity contribution in [3.05, 3.63) is 23.8 Å². The van der Waals surface area contributed by atoms with E-state index < -0.39 is 0 Å². The van der Waals surface area contributed by atoms with Gasteiger partial charge in [0, 0.05) is 6.07 Å². The Bertz CT molecular complexity index is 292. The molecule has 78 valence electrons. The standard InChI is InChI=1S/C12H18O2/c1-5-14-12-7-10(9(2)3)6-11(8-12)13-4/h6-9H,5H2,1-4H3. The Kier molecular flexibility index (Phi) is 3.81. The molecule has 0 aliphatic carbocycles. The van der Waals surface area contributed by atoms with Crippen molar-refractivity contribution in [2.75, 3.05) is 13.7 Å². The summed E-state index contributed by atoms with van der Waals surface area (Å²) >= 11 is 0. The highest BCUT2D eigenvalue weighted by atomic mass is 16.5. The van der Waals surface area contributed by atoms with E-state index >= 15 is 0 Å². The molecule has 0 aliphatic rings. The van der Waals surface area contributed by atoms with Gasteiger partial charge in [-0.05, 0) is 30.5 Å². The molecule has 1 rings (SSSR count). The number of methoxy groups -OCH3 is 1. The molecule has 0 N–H and O–H groups in total. The van der Waals surface area contributed by atoms with Crippen LogP contribution >= 0.6 is 0 Å². The van der Waals surface area contributed by atoms with Crippen LogP contribution in [0.2, 0.25) is 0 Å². The molecule has 0 spiro atoms. The summed E-state index contributed by atoms with van der Waals surface area (Å²) in [5, 5.41) is 0. The molecule has 0 saturated carbocycles. The lowest BCUT2D eigenvalue weighted by Gasteiger charge is -2.11. The molecule has 0 fully saturated rings. The molecule has 0 saturated heterocycles. The minimum absolute atomic E-state index is 0.490. The van der Waals surface area contributed by atoms with Crippen LogP contribution in [-0.2, 0) is 0 Å². The fourth-order valence-electron chi connectivity index (χ4n) is 1.29. The van der Waals surface area contributed by atoms with Crippen LogP contribution in [0.25, 0.3) is 0 Å². The molecule has 0 heterocycles. The third kappa shape index (κ3) is 2.66. The lowest BCUT2D eigenvalue weighted by atomic mass is 10.0. The Morgan fingerprint density at radius 3 is 2.29 bits per heavy atom. The normalized spacial score (nSPS) is 10.4. The van der Waals surface area contributed by atoms with Gasteiger partial charge in [0.1, 0.15) is 11.5 Å². The van der Waals surface area contributed by atoms with E-state index in [1.807, 2.05) is 19.1 Å². The maximum atomic E-state index is 5.46. The summed E-state index contributed by atoms with van der Waals surface area (Å²) < 4.78 is 10.7. The van der Waals surface area contributed by atoms with Gasteiger partial charge in [-0.15, -0.1) is 0 Å². The van der Waals surface area contributed by atoms with E-state index in [2.05, 4.69) is 19.9 Å². The zero-order valence-corrected chi connectivity index (χ0v) is 9.33. The van der Waals surface area contributed by atoms with Crippen LogP contribution in [0.15, 0.2) is 18.2 Å². The van der Waals surface area contributed by atoms with Gasteiger partial charge in [0.25, 0.3) is 0 Å². The molecule has 14 heavy (non-hydrogen) atoms. The zero-order chi connectivity index (χ0) is 10.6. The number of benzene rings is 1. The van der Waals surface area contributed by atoms with Gasteiger partial charge in [0.05, 0.1) is 13.7 Å². The topological polar surface area (TPSA) is 18.5 Å². The highest BCUT2D eigenvalue weighted by Gasteiger charge is 2.04. The van der Waals surface area contributed by atoms with Crippen molar-refractivity contribution >= 4 is 0 Å². The van der Waals surface area contributed by atoms with Crippen LogP contribution in [0.1, 0.15) is 32.3 Å². The second-order valence-electron chi connectivity index (χ2n) is 3.53. The summed E-state index contributed by atoms with van der Waals surface area (Å²) in [5.41, 5.74) is 1.24. The lowest BCUT2D eigenvalue weighted by Crippen LogP contribution is -1.95. The van der Waals surface area contributed by atoms with E-state index in [1.54, 1.807) is 7.11 Å². The molecule has 1 aromatic carbocycles. The molecule has 0 aliphatic heterocycles. The Morgan fingerprint density at radius 1 is 1.14 bits per heavy atom. The largest absolute Gasteiger partial charge is 0.497 e. The van der Waals surface area contributed by atoms with Gasteiger partial charge in [-0.1, -0.05) is 13.8 Å². The smallest absolute Gasteiger partial charge is 0.123 e. The fourth-order valence-corrected chi connectivity index (χ4v) is 1.29. The summed E-state index contributed by atoms with van der Waals surface area (Å²) in [6, 6.07) is 6.03. The minimum Gasteiger partial charge on any atom is -0.497 e. The monoisotopic (exact) mass is 194 g/mol. The molecule has 0 unspecified atom stereocenters. The summed E-state index contributed by atoms with van der Waals surface area (Å²) in [6.07, 6.45) is 0. The van der Waals surface area contributed by atoms with Crippen molar-refractivity contribution in [1.29, 1.82) is 0 Å². The quantitative estimate of drug-likeness (QED) is 0.732. The summed E-state index contributed by atoms with van der Waals surface area (Å²) in [4.78, 5) is 0. The summed E-state index contributed by atoms with van der Waals surface area (Å²) in [5.74, 6) is 2.24. The first-order valence-electron chi connectivity index (χ1n) is 4.99. The average Bonchev–Trinajstić information content (AvgIpc) is 2.17. The molecular formula is C12H18O2. The zero-order valence-electron chi connectivity index (χ0n) is 9.33. The fraction of sp³-hybridized carbons (Fsp3) is 0.500. The highest BCUT2D eigenvalue weighted by Crippen LogP contribution is 2.27. The third-order valence-electron chi connectivity index (χ3n) is 2.12. The SMILES string of the molecule is CCOc1cc(OC)cc(C(C)C)c1. The molecule has 0 amide bonds. The van der Waals surface area contributed by atoms with Crippen molar-refractivity contribution in [3.8, 4) is 11.5 Å². The molecule has 0 bridgehead atoms. The average molecular weight is 194 g/mol. The van der Waals surface area contributed by atoms with E-state index in [4.69, 9.17) is 9.47 Å². The minimum atomic E-state index is 0.490. The van der Waals surface area contributed by atoms with E-state index in [9.17, 15) is 0 Å². The van der Waals surface area contributed by atoms with E-state index in [1.165, 1.54) is 5.56 Å². The van der Waals surface area contributed by atoms with Gasteiger partial charge in [0.15, 0.2) is 0 Å². The Hall–Kier alpha value is -1.18.